The second-order valence-corrected chi connectivity index (χ2v) is 7.99. The van der Waals surface area contributed by atoms with Crippen LogP contribution in [0.5, 0.6) is 5.75 Å². The average Bonchev–Trinajstić information content (AvgIpc) is 3.34. The second kappa shape index (κ2) is 7.68. The Morgan fingerprint density at radius 2 is 1.63 bits per heavy atom. The van der Waals surface area contributed by atoms with Crippen LogP contribution in [0, 0.1) is 0 Å². The van der Waals surface area contributed by atoms with Gasteiger partial charge in [0.1, 0.15) is 5.75 Å². The number of aromatic nitrogens is 1. The van der Waals surface area contributed by atoms with Crippen LogP contribution in [0.4, 0.5) is 0 Å². The van der Waals surface area contributed by atoms with Crippen molar-refractivity contribution < 1.29 is 14.3 Å². The van der Waals surface area contributed by atoms with Crippen molar-refractivity contribution >= 4 is 23.2 Å². The smallest absolute Gasteiger partial charge is 0.282 e. The van der Waals surface area contributed by atoms with Crippen LogP contribution in [0.3, 0.4) is 0 Å². The minimum absolute atomic E-state index is 0.0289. The standard InChI is InChI=1S/C20H23N3O3S/c1-26-15-6-4-14(5-7-15)19(24)23-12-8-16-17(9-13-23)27-18(21-16)20(25)22-10-2-3-11-22/h4-7H,2-3,8-13H2,1H3. The maximum Gasteiger partial charge on any atom is 0.282 e. The van der Waals surface area contributed by atoms with Gasteiger partial charge in [0.2, 0.25) is 0 Å². The third-order valence-corrected chi connectivity index (χ3v) is 6.35. The molecule has 0 N–H and O–H groups in total. The fraction of sp³-hybridized carbons (Fsp3) is 0.450. The third kappa shape index (κ3) is 3.69. The van der Waals surface area contributed by atoms with Gasteiger partial charge in [-0.1, -0.05) is 0 Å². The number of carbonyl (C=O) groups excluding carboxylic acids is 2. The molecule has 0 spiro atoms. The first-order valence-corrected chi connectivity index (χ1v) is 10.2. The van der Waals surface area contributed by atoms with Crippen molar-refractivity contribution in [3.63, 3.8) is 0 Å². The van der Waals surface area contributed by atoms with Gasteiger partial charge in [-0.25, -0.2) is 4.98 Å². The summed E-state index contributed by atoms with van der Waals surface area (Å²) in [6.07, 6.45) is 3.61. The Bertz CT molecular complexity index is 815. The quantitative estimate of drug-likeness (QED) is 0.815. The van der Waals surface area contributed by atoms with E-state index in [1.54, 1.807) is 31.4 Å². The molecule has 7 heteroatoms. The van der Waals surface area contributed by atoms with Crippen LogP contribution >= 0.6 is 11.3 Å². The largest absolute Gasteiger partial charge is 0.497 e. The average molecular weight is 385 g/mol. The van der Waals surface area contributed by atoms with Crippen molar-refractivity contribution in [1.82, 2.24) is 14.8 Å². The number of carbonyl (C=O) groups is 2. The summed E-state index contributed by atoms with van der Waals surface area (Å²) in [6.45, 7) is 2.96. The molecule has 2 amide bonds. The first-order valence-electron chi connectivity index (χ1n) is 9.37. The van der Waals surface area contributed by atoms with Gasteiger partial charge in [-0.2, -0.15) is 0 Å². The molecule has 1 fully saturated rings. The van der Waals surface area contributed by atoms with E-state index in [0.717, 1.165) is 48.7 Å². The molecule has 1 saturated heterocycles. The summed E-state index contributed by atoms with van der Waals surface area (Å²) in [7, 11) is 1.61. The number of hydrogen-bond acceptors (Lipinski definition) is 5. The fourth-order valence-electron chi connectivity index (χ4n) is 3.63. The first kappa shape index (κ1) is 18.0. The molecule has 1 aromatic heterocycles. The zero-order valence-electron chi connectivity index (χ0n) is 15.4. The Balaban J connectivity index is 1.43. The van der Waals surface area contributed by atoms with E-state index >= 15 is 0 Å². The fourth-order valence-corrected chi connectivity index (χ4v) is 4.69. The van der Waals surface area contributed by atoms with Gasteiger partial charge in [0.15, 0.2) is 5.01 Å². The van der Waals surface area contributed by atoms with Crippen LogP contribution in [0.2, 0.25) is 0 Å². The molecule has 2 aliphatic heterocycles. The molecular formula is C20H23N3O3S. The number of thiazole rings is 1. The van der Waals surface area contributed by atoms with E-state index in [-0.39, 0.29) is 11.8 Å². The van der Waals surface area contributed by atoms with Crippen LogP contribution in [-0.2, 0) is 12.8 Å². The normalized spacial score (nSPS) is 16.8. The molecular weight excluding hydrogens is 362 g/mol. The Morgan fingerprint density at radius 3 is 2.33 bits per heavy atom. The van der Waals surface area contributed by atoms with E-state index in [4.69, 9.17) is 4.74 Å². The molecule has 2 aromatic rings. The second-order valence-electron chi connectivity index (χ2n) is 6.91. The summed E-state index contributed by atoms with van der Waals surface area (Å²) in [5, 5.41) is 0.608. The molecule has 0 radical (unpaired) electrons. The van der Waals surface area contributed by atoms with Crippen molar-refractivity contribution in [3.05, 3.63) is 45.4 Å². The lowest BCUT2D eigenvalue weighted by molar-refractivity contribution is 0.0759. The molecule has 0 saturated carbocycles. The Kier molecular flexibility index (Phi) is 5.11. The van der Waals surface area contributed by atoms with Crippen molar-refractivity contribution in [2.45, 2.75) is 25.7 Å². The van der Waals surface area contributed by atoms with E-state index in [1.165, 1.54) is 11.3 Å². The number of hydrogen-bond donors (Lipinski definition) is 0. The monoisotopic (exact) mass is 385 g/mol. The van der Waals surface area contributed by atoms with Gasteiger partial charge in [0.25, 0.3) is 11.8 Å². The van der Waals surface area contributed by atoms with E-state index in [1.807, 2.05) is 9.80 Å². The molecule has 0 aliphatic carbocycles. The van der Waals surface area contributed by atoms with Crippen molar-refractivity contribution in [1.29, 1.82) is 0 Å². The molecule has 27 heavy (non-hydrogen) atoms. The minimum atomic E-state index is 0.0289. The van der Waals surface area contributed by atoms with Gasteiger partial charge < -0.3 is 14.5 Å². The van der Waals surface area contributed by atoms with Crippen LogP contribution in [0.15, 0.2) is 24.3 Å². The summed E-state index contributed by atoms with van der Waals surface area (Å²) in [4.78, 5) is 34.9. The van der Waals surface area contributed by atoms with Gasteiger partial charge in [-0.3, -0.25) is 9.59 Å². The predicted molar refractivity (Wildman–Crippen MR) is 104 cm³/mol. The summed E-state index contributed by atoms with van der Waals surface area (Å²) >= 11 is 1.50. The Labute approximate surface area is 162 Å². The van der Waals surface area contributed by atoms with Gasteiger partial charge in [0, 0.05) is 49.5 Å². The third-order valence-electron chi connectivity index (χ3n) is 5.21. The number of benzene rings is 1. The van der Waals surface area contributed by atoms with E-state index in [9.17, 15) is 9.59 Å². The summed E-state index contributed by atoms with van der Waals surface area (Å²) in [6, 6.07) is 7.21. The summed E-state index contributed by atoms with van der Waals surface area (Å²) in [5.41, 5.74) is 1.64. The Morgan fingerprint density at radius 1 is 0.963 bits per heavy atom. The lowest BCUT2D eigenvalue weighted by atomic mass is 10.2. The predicted octanol–water partition coefficient (Wildman–Crippen LogP) is 2.63. The number of nitrogens with zero attached hydrogens (tertiary/aromatic N) is 3. The molecule has 0 atom stereocenters. The lowest BCUT2D eigenvalue weighted by Crippen LogP contribution is -2.33. The van der Waals surface area contributed by atoms with Gasteiger partial charge in [-0.15, -0.1) is 11.3 Å². The zero-order chi connectivity index (χ0) is 18.8. The summed E-state index contributed by atoms with van der Waals surface area (Å²) in [5.74, 6) is 0.835. The topological polar surface area (TPSA) is 62.7 Å². The molecule has 142 valence electrons. The molecule has 4 rings (SSSR count). The molecule has 0 bridgehead atoms. The Hall–Kier alpha value is -2.41. The van der Waals surface area contributed by atoms with Crippen LogP contribution in [0.25, 0.3) is 0 Å². The van der Waals surface area contributed by atoms with Crippen molar-refractivity contribution in [3.8, 4) is 5.75 Å². The number of likely N-dealkylation sites (tertiary alicyclic amines) is 1. The van der Waals surface area contributed by atoms with Crippen molar-refractivity contribution in [2.75, 3.05) is 33.3 Å². The highest BCUT2D eigenvalue weighted by molar-refractivity contribution is 7.13. The number of amides is 2. The zero-order valence-corrected chi connectivity index (χ0v) is 16.3. The molecule has 1 aromatic carbocycles. The highest BCUT2D eigenvalue weighted by atomic mass is 32.1. The molecule has 2 aliphatic rings. The van der Waals surface area contributed by atoms with Crippen molar-refractivity contribution in [2.24, 2.45) is 0 Å². The van der Waals surface area contributed by atoms with E-state index in [2.05, 4.69) is 4.98 Å². The van der Waals surface area contributed by atoms with Crippen LogP contribution in [0.1, 0.15) is 43.6 Å². The molecule has 6 nitrogen and oxygen atoms in total. The minimum Gasteiger partial charge on any atom is -0.497 e. The van der Waals surface area contributed by atoms with Gasteiger partial charge in [0.05, 0.1) is 12.8 Å². The molecule has 0 unspecified atom stereocenters. The van der Waals surface area contributed by atoms with E-state index < -0.39 is 0 Å². The van der Waals surface area contributed by atoms with Crippen LogP contribution in [-0.4, -0.2) is 59.9 Å². The van der Waals surface area contributed by atoms with E-state index in [0.29, 0.717) is 30.1 Å². The van der Waals surface area contributed by atoms with Gasteiger partial charge >= 0.3 is 0 Å². The number of methoxy groups -OCH3 is 1. The lowest BCUT2D eigenvalue weighted by Gasteiger charge is -2.20. The molecule has 3 heterocycles. The number of fused-ring (bicyclic) bond motifs is 1. The first-order chi connectivity index (χ1) is 13.2. The maximum absolute atomic E-state index is 12.8. The highest BCUT2D eigenvalue weighted by Crippen LogP contribution is 2.26. The SMILES string of the molecule is COc1ccc(C(=O)N2CCc3nc(C(=O)N4CCCC4)sc3CC2)cc1. The summed E-state index contributed by atoms with van der Waals surface area (Å²) < 4.78 is 5.15. The number of ether oxygens (including phenoxy) is 1. The maximum atomic E-state index is 12.8. The highest BCUT2D eigenvalue weighted by Gasteiger charge is 2.27. The van der Waals surface area contributed by atoms with Crippen LogP contribution < -0.4 is 4.74 Å². The number of rotatable bonds is 3. The van der Waals surface area contributed by atoms with Gasteiger partial charge in [-0.05, 0) is 37.1 Å².